The molecule has 2 rings (SSSR count). The number of nitrogens with one attached hydrogen (secondary N) is 1. The van der Waals surface area contributed by atoms with Crippen molar-refractivity contribution in [3.63, 3.8) is 0 Å². The van der Waals surface area contributed by atoms with E-state index in [1.54, 1.807) is 0 Å². The molecule has 0 saturated heterocycles. The highest BCUT2D eigenvalue weighted by atomic mass is 32.2. The molecule has 1 aromatic heterocycles. The van der Waals surface area contributed by atoms with Gasteiger partial charge in [0.2, 0.25) is 0 Å². The van der Waals surface area contributed by atoms with E-state index in [-0.39, 0.29) is 0 Å². The number of aryl methyl sites for hydroxylation is 1. The number of rotatable bonds is 6. The van der Waals surface area contributed by atoms with Crippen LogP contribution < -0.4 is 5.32 Å². The standard InChI is InChI=1S/C15H26N2S/c1-3-8-17-9-7-13(12-17)11-16-14-5-4-6-15(10-14)18-2/h7,9,12,14-16H,3-6,8,10-11H2,1-2H3. The third-order valence-corrected chi connectivity index (χ3v) is 4.94. The predicted molar refractivity (Wildman–Crippen MR) is 81.1 cm³/mol. The maximum Gasteiger partial charge on any atom is 0.0223 e. The number of aromatic nitrogens is 1. The highest BCUT2D eigenvalue weighted by Crippen LogP contribution is 2.27. The topological polar surface area (TPSA) is 17.0 Å². The molecule has 1 aromatic rings. The van der Waals surface area contributed by atoms with Gasteiger partial charge in [-0.25, -0.2) is 0 Å². The fourth-order valence-electron chi connectivity index (χ4n) is 2.80. The van der Waals surface area contributed by atoms with Crippen molar-refractivity contribution in [2.24, 2.45) is 0 Å². The number of hydrogen-bond acceptors (Lipinski definition) is 2. The van der Waals surface area contributed by atoms with Gasteiger partial charge in [0.15, 0.2) is 0 Å². The Morgan fingerprint density at radius 3 is 3.11 bits per heavy atom. The lowest BCUT2D eigenvalue weighted by Crippen LogP contribution is -2.34. The Morgan fingerprint density at radius 2 is 2.33 bits per heavy atom. The van der Waals surface area contributed by atoms with Crippen molar-refractivity contribution in [3.05, 3.63) is 24.0 Å². The van der Waals surface area contributed by atoms with Crippen LogP contribution in [0.1, 0.15) is 44.6 Å². The van der Waals surface area contributed by atoms with Gasteiger partial charge in [-0.1, -0.05) is 13.3 Å². The van der Waals surface area contributed by atoms with Crippen LogP contribution in [-0.2, 0) is 13.1 Å². The zero-order valence-corrected chi connectivity index (χ0v) is 12.5. The normalized spacial score (nSPS) is 24.3. The molecule has 0 spiro atoms. The van der Waals surface area contributed by atoms with Crippen molar-refractivity contribution in [2.75, 3.05) is 6.26 Å². The first-order valence-electron chi connectivity index (χ1n) is 7.22. The number of hydrogen-bond donors (Lipinski definition) is 1. The lowest BCUT2D eigenvalue weighted by molar-refractivity contribution is 0.380. The summed E-state index contributed by atoms with van der Waals surface area (Å²) in [6.07, 6.45) is 13.4. The highest BCUT2D eigenvalue weighted by molar-refractivity contribution is 7.99. The maximum absolute atomic E-state index is 3.73. The summed E-state index contributed by atoms with van der Waals surface area (Å²) in [5.41, 5.74) is 1.43. The molecule has 1 aliphatic carbocycles. The molecule has 0 amide bonds. The van der Waals surface area contributed by atoms with E-state index in [1.807, 2.05) is 11.8 Å². The Kier molecular flexibility index (Phi) is 5.64. The molecule has 0 bridgehead atoms. The summed E-state index contributed by atoms with van der Waals surface area (Å²) in [6, 6.07) is 2.98. The van der Waals surface area contributed by atoms with E-state index in [9.17, 15) is 0 Å². The average molecular weight is 266 g/mol. The molecule has 18 heavy (non-hydrogen) atoms. The molecule has 0 radical (unpaired) electrons. The molecule has 1 heterocycles. The van der Waals surface area contributed by atoms with Gasteiger partial charge in [-0.15, -0.1) is 0 Å². The van der Waals surface area contributed by atoms with Crippen molar-refractivity contribution >= 4 is 11.8 Å². The van der Waals surface area contributed by atoms with E-state index < -0.39 is 0 Å². The summed E-state index contributed by atoms with van der Waals surface area (Å²) in [6.45, 7) is 4.39. The monoisotopic (exact) mass is 266 g/mol. The van der Waals surface area contributed by atoms with E-state index in [4.69, 9.17) is 0 Å². The van der Waals surface area contributed by atoms with Crippen LogP contribution in [0, 0.1) is 0 Å². The molecule has 2 unspecified atom stereocenters. The minimum atomic E-state index is 0.728. The van der Waals surface area contributed by atoms with Gasteiger partial charge < -0.3 is 9.88 Å². The molecule has 1 fully saturated rings. The van der Waals surface area contributed by atoms with Gasteiger partial charge in [0, 0.05) is 36.8 Å². The molecule has 1 N–H and O–H groups in total. The second-order valence-electron chi connectivity index (χ2n) is 5.36. The van der Waals surface area contributed by atoms with Gasteiger partial charge in [0.1, 0.15) is 0 Å². The van der Waals surface area contributed by atoms with Crippen LogP contribution in [0.3, 0.4) is 0 Å². The summed E-state index contributed by atoms with van der Waals surface area (Å²) in [7, 11) is 0. The molecule has 3 heteroatoms. The first-order valence-corrected chi connectivity index (χ1v) is 8.51. The first kappa shape index (κ1) is 14.0. The Balaban J connectivity index is 1.76. The number of thioether (sulfide) groups is 1. The molecular formula is C15H26N2S. The fraction of sp³-hybridized carbons (Fsp3) is 0.733. The summed E-state index contributed by atoms with van der Waals surface area (Å²) < 4.78 is 2.29. The van der Waals surface area contributed by atoms with Crippen molar-refractivity contribution in [2.45, 2.75) is 63.4 Å². The molecule has 1 aliphatic rings. The van der Waals surface area contributed by atoms with Gasteiger partial charge in [-0.05, 0) is 43.6 Å². The summed E-state index contributed by atoms with van der Waals surface area (Å²) >= 11 is 2.04. The van der Waals surface area contributed by atoms with Crippen LogP contribution in [0.25, 0.3) is 0 Å². The maximum atomic E-state index is 3.73. The molecule has 2 nitrogen and oxygen atoms in total. The lowest BCUT2D eigenvalue weighted by Gasteiger charge is -2.28. The molecular weight excluding hydrogens is 240 g/mol. The van der Waals surface area contributed by atoms with Crippen LogP contribution in [0.5, 0.6) is 0 Å². The van der Waals surface area contributed by atoms with Gasteiger partial charge in [-0.3, -0.25) is 0 Å². The first-order chi connectivity index (χ1) is 8.81. The molecule has 102 valence electrons. The minimum absolute atomic E-state index is 0.728. The van der Waals surface area contributed by atoms with Crippen LogP contribution in [-0.4, -0.2) is 22.1 Å². The van der Waals surface area contributed by atoms with Crippen LogP contribution in [0.15, 0.2) is 18.5 Å². The van der Waals surface area contributed by atoms with E-state index in [1.165, 1.54) is 37.7 Å². The Labute approximate surface area is 116 Å². The zero-order chi connectivity index (χ0) is 12.8. The third kappa shape index (κ3) is 4.06. The third-order valence-electron chi connectivity index (χ3n) is 3.85. The average Bonchev–Trinajstić information content (AvgIpc) is 2.85. The van der Waals surface area contributed by atoms with E-state index in [2.05, 4.69) is 41.5 Å². The molecule has 2 atom stereocenters. The zero-order valence-electron chi connectivity index (χ0n) is 11.7. The van der Waals surface area contributed by atoms with E-state index >= 15 is 0 Å². The summed E-state index contributed by atoms with van der Waals surface area (Å²) in [4.78, 5) is 0. The predicted octanol–water partition coefficient (Wildman–Crippen LogP) is 3.66. The SMILES string of the molecule is CCCn1ccc(CNC2CCCC(SC)C2)c1. The van der Waals surface area contributed by atoms with Gasteiger partial charge >= 0.3 is 0 Å². The van der Waals surface area contributed by atoms with Crippen molar-refractivity contribution in [3.8, 4) is 0 Å². The van der Waals surface area contributed by atoms with Gasteiger partial charge in [0.25, 0.3) is 0 Å². The van der Waals surface area contributed by atoms with Crippen molar-refractivity contribution in [1.29, 1.82) is 0 Å². The summed E-state index contributed by atoms with van der Waals surface area (Å²) in [5.74, 6) is 0. The van der Waals surface area contributed by atoms with E-state index in [0.717, 1.165) is 24.4 Å². The second-order valence-corrected chi connectivity index (χ2v) is 6.50. The fourth-order valence-corrected chi connectivity index (χ4v) is 3.63. The smallest absolute Gasteiger partial charge is 0.0223 e. The Morgan fingerprint density at radius 1 is 1.44 bits per heavy atom. The second kappa shape index (κ2) is 7.25. The van der Waals surface area contributed by atoms with Gasteiger partial charge in [0.05, 0.1) is 0 Å². The quantitative estimate of drug-likeness (QED) is 0.846. The molecule has 1 saturated carbocycles. The van der Waals surface area contributed by atoms with Crippen LogP contribution in [0.4, 0.5) is 0 Å². The molecule has 0 aliphatic heterocycles. The molecule has 0 aromatic carbocycles. The van der Waals surface area contributed by atoms with Gasteiger partial charge in [-0.2, -0.15) is 11.8 Å². The van der Waals surface area contributed by atoms with Crippen molar-refractivity contribution < 1.29 is 0 Å². The van der Waals surface area contributed by atoms with Crippen LogP contribution in [0.2, 0.25) is 0 Å². The minimum Gasteiger partial charge on any atom is -0.354 e. The van der Waals surface area contributed by atoms with Crippen LogP contribution >= 0.6 is 11.8 Å². The largest absolute Gasteiger partial charge is 0.354 e. The number of nitrogens with zero attached hydrogens (tertiary/aromatic N) is 1. The lowest BCUT2D eigenvalue weighted by atomic mass is 9.95. The Hall–Kier alpha value is -0.410. The Bertz CT molecular complexity index is 348. The van der Waals surface area contributed by atoms with E-state index in [0.29, 0.717) is 0 Å². The highest BCUT2D eigenvalue weighted by Gasteiger charge is 2.20. The summed E-state index contributed by atoms with van der Waals surface area (Å²) in [5, 5.41) is 4.61. The van der Waals surface area contributed by atoms with Crippen molar-refractivity contribution in [1.82, 2.24) is 9.88 Å².